The lowest BCUT2D eigenvalue weighted by molar-refractivity contribution is 1.11. The van der Waals surface area contributed by atoms with Gasteiger partial charge in [0, 0.05) is 11.8 Å². The Hall–Kier alpha value is -1.89. The first-order chi connectivity index (χ1) is 7.85. The van der Waals surface area contributed by atoms with E-state index in [0.29, 0.717) is 0 Å². The summed E-state index contributed by atoms with van der Waals surface area (Å²) in [6, 6.07) is 12.4. The zero-order valence-electron chi connectivity index (χ0n) is 9.48. The van der Waals surface area contributed by atoms with Crippen molar-refractivity contribution in [3.05, 3.63) is 60.3 Å². The van der Waals surface area contributed by atoms with Crippen molar-refractivity contribution in [3.63, 3.8) is 0 Å². The van der Waals surface area contributed by atoms with Crippen LogP contribution in [-0.4, -0.2) is 4.98 Å². The van der Waals surface area contributed by atoms with Crippen molar-refractivity contribution >= 4 is 6.08 Å². The van der Waals surface area contributed by atoms with Gasteiger partial charge in [-0.1, -0.05) is 49.9 Å². The first-order valence-corrected chi connectivity index (χ1v) is 5.52. The summed E-state index contributed by atoms with van der Waals surface area (Å²) in [5, 5.41) is 0. The van der Waals surface area contributed by atoms with Gasteiger partial charge in [0.15, 0.2) is 0 Å². The van der Waals surface area contributed by atoms with E-state index in [2.05, 4.69) is 42.8 Å². The fourth-order valence-corrected chi connectivity index (χ4v) is 1.70. The van der Waals surface area contributed by atoms with Crippen LogP contribution in [-0.2, 0) is 6.42 Å². The summed E-state index contributed by atoms with van der Waals surface area (Å²) in [7, 11) is 0. The highest BCUT2D eigenvalue weighted by Crippen LogP contribution is 2.22. The quantitative estimate of drug-likeness (QED) is 0.745. The van der Waals surface area contributed by atoms with Crippen LogP contribution in [0.25, 0.3) is 17.3 Å². The maximum atomic E-state index is 4.48. The van der Waals surface area contributed by atoms with E-state index in [1.54, 1.807) is 0 Å². The van der Waals surface area contributed by atoms with E-state index < -0.39 is 0 Å². The zero-order chi connectivity index (χ0) is 11.4. The van der Waals surface area contributed by atoms with Gasteiger partial charge in [-0.25, -0.2) is 0 Å². The molecule has 0 bridgehead atoms. The lowest BCUT2D eigenvalue weighted by atomic mass is 10.0. The van der Waals surface area contributed by atoms with E-state index in [4.69, 9.17) is 0 Å². The Kier molecular flexibility index (Phi) is 3.16. The molecule has 0 radical (unpaired) electrons. The standard InChI is InChI=1S/C15H15N/c1-3-12-9-10-15(16-11-12)14-8-6-5-7-13(14)4-2/h4-11H,2-3H2,1H3. The monoisotopic (exact) mass is 209 g/mol. The minimum atomic E-state index is 1.01. The van der Waals surface area contributed by atoms with E-state index in [9.17, 15) is 0 Å². The summed E-state index contributed by atoms with van der Waals surface area (Å²) in [5.74, 6) is 0. The van der Waals surface area contributed by atoms with E-state index in [0.717, 1.165) is 23.2 Å². The predicted octanol–water partition coefficient (Wildman–Crippen LogP) is 3.95. The molecule has 0 fully saturated rings. The average Bonchev–Trinajstić information content (AvgIpc) is 2.39. The minimum Gasteiger partial charge on any atom is -0.256 e. The zero-order valence-corrected chi connectivity index (χ0v) is 9.48. The molecule has 0 aliphatic rings. The lowest BCUT2D eigenvalue weighted by Crippen LogP contribution is -1.88. The van der Waals surface area contributed by atoms with Crippen molar-refractivity contribution in [1.29, 1.82) is 0 Å². The molecule has 1 heteroatoms. The normalized spacial score (nSPS) is 10.1. The lowest BCUT2D eigenvalue weighted by Gasteiger charge is -2.05. The van der Waals surface area contributed by atoms with Crippen molar-refractivity contribution in [2.24, 2.45) is 0 Å². The van der Waals surface area contributed by atoms with Gasteiger partial charge >= 0.3 is 0 Å². The molecule has 0 saturated heterocycles. The molecule has 80 valence electrons. The van der Waals surface area contributed by atoms with E-state index in [1.165, 1.54) is 5.56 Å². The fourth-order valence-electron chi connectivity index (χ4n) is 1.70. The Morgan fingerprint density at radius 1 is 1.19 bits per heavy atom. The van der Waals surface area contributed by atoms with Gasteiger partial charge in [0.1, 0.15) is 0 Å². The van der Waals surface area contributed by atoms with Gasteiger partial charge in [-0.3, -0.25) is 4.98 Å². The van der Waals surface area contributed by atoms with Crippen LogP contribution in [0.4, 0.5) is 0 Å². The molecule has 1 nitrogen and oxygen atoms in total. The van der Waals surface area contributed by atoms with Crippen LogP contribution >= 0.6 is 0 Å². The molecule has 0 aliphatic carbocycles. The summed E-state index contributed by atoms with van der Waals surface area (Å²) in [5.41, 5.74) is 4.53. The molecule has 0 atom stereocenters. The summed E-state index contributed by atoms with van der Waals surface area (Å²) < 4.78 is 0. The van der Waals surface area contributed by atoms with Gasteiger partial charge < -0.3 is 0 Å². The maximum absolute atomic E-state index is 4.48. The van der Waals surface area contributed by atoms with Crippen LogP contribution in [0.15, 0.2) is 49.2 Å². The van der Waals surface area contributed by atoms with Crippen LogP contribution in [0.1, 0.15) is 18.1 Å². The second-order valence-electron chi connectivity index (χ2n) is 3.70. The van der Waals surface area contributed by atoms with Crippen LogP contribution in [0.5, 0.6) is 0 Å². The molecule has 2 aromatic rings. The summed E-state index contributed by atoms with van der Waals surface area (Å²) in [4.78, 5) is 4.48. The Bertz CT molecular complexity index is 483. The molecular weight excluding hydrogens is 194 g/mol. The van der Waals surface area contributed by atoms with Gasteiger partial charge in [0.25, 0.3) is 0 Å². The largest absolute Gasteiger partial charge is 0.256 e. The van der Waals surface area contributed by atoms with Crippen molar-refractivity contribution in [1.82, 2.24) is 4.98 Å². The van der Waals surface area contributed by atoms with Crippen LogP contribution in [0, 0.1) is 0 Å². The summed E-state index contributed by atoms with van der Waals surface area (Å²) in [6.45, 7) is 5.96. The Morgan fingerprint density at radius 2 is 2.00 bits per heavy atom. The van der Waals surface area contributed by atoms with Crippen molar-refractivity contribution in [3.8, 4) is 11.3 Å². The highest BCUT2D eigenvalue weighted by Gasteiger charge is 2.02. The van der Waals surface area contributed by atoms with Gasteiger partial charge in [0.2, 0.25) is 0 Å². The second-order valence-corrected chi connectivity index (χ2v) is 3.70. The molecule has 16 heavy (non-hydrogen) atoms. The first-order valence-electron chi connectivity index (χ1n) is 5.52. The van der Waals surface area contributed by atoms with Crippen LogP contribution < -0.4 is 0 Å². The van der Waals surface area contributed by atoms with Crippen LogP contribution in [0.3, 0.4) is 0 Å². The summed E-state index contributed by atoms with van der Waals surface area (Å²) in [6.07, 6.45) is 4.83. The van der Waals surface area contributed by atoms with E-state index in [1.807, 2.05) is 24.4 Å². The van der Waals surface area contributed by atoms with Gasteiger partial charge in [-0.2, -0.15) is 0 Å². The SMILES string of the molecule is C=Cc1ccccc1-c1ccc(CC)cn1. The number of rotatable bonds is 3. The Labute approximate surface area is 96.5 Å². The first kappa shape index (κ1) is 10.6. The number of aryl methyl sites for hydroxylation is 1. The summed E-state index contributed by atoms with van der Waals surface area (Å²) >= 11 is 0. The highest BCUT2D eigenvalue weighted by molar-refractivity contribution is 5.72. The molecule has 0 N–H and O–H groups in total. The molecule has 0 aliphatic heterocycles. The average molecular weight is 209 g/mol. The van der Waals surface area contributed by atoms with Crippen molar-refractivity contribution in [2.45, 2.75) is 13.3 Å². The van der Waals surface area contributed by atoms with Gasteiger partial charge in [0.05, 0.1) is 5.69 Å². The molecular formula is C15H15N. The third-order valence-corrected chi connectivity index (χ3v) is 2.69. The van der Waals surface area contributed by atoms with Crippen molar-refractivity contribution < 1.29 is 0 Å². The molecule has 2 rings (SSSR count). The number of aromatic nitrogens is 1. The topological polar surface area (TPSA) is 12.9 Å². The molecule has 0 saturated carbocycles. The molecule has 1 aromatic carbocycles. The Balaban J connectivity index is 2.46. The molecule has 0 spiro atoms. The highest BCUT2D eigenvalue weighted by atomic mass is 14.7. The molecule has 1 heterocycles. The van der Waals surface area contributed by atoms with Crippen molar-refractivity contribution in [2.75, 3.05) is 0 Å². The second kappa shape index (κ2) is 4.75. The smallest absolute Gasteiger partial charge is 0.0708 e. The van der Waals surface area contributed by atoms with E-state index in [-0.39, 0.29) is 0 Å². The third kappa shape index (κ3) is 2.03. The number of nitrogens with zero attached hydrogens (tertiary/aromatic N) is 1. The van der Waals surface area contributed by atoms with Crippen LogP contribution in [0.2, 0.25) is 0 Å². The molecule has 1 aromatic heterocycles. The predicted molar refractivity (Wildman–Crippen MR) is 69.1 cm³/mol. The fraction of sp³-hybridized carbons (Fsp3) is 0.133. The number of benzene rings is 1. The number of hydrogen-bond donors (Lipinski definition) is 0. The molecule has 0 unspecified atom stereocenters. The molecule has 0 amide bonds. The third-order valence-electron chi connectivity index (χ3n) is 2.69. The maximum Gasteiger partial charge on any atom is 0.0708 e. The minimum absolute atomic E-state index is 1.01. The van der Waals surface area contributed by atoms with Gasteiger partial charge in [-0.15, -0.1) is 0 Å². The van der Waals surface area contributed by atoms with E-state index >= 15 is 0 Å². The Morgan fingerprint density at radius 3 is 2.62 bits per heavy atom. The van der Waals surface area contributed by atoms with Gasteiger partial charge in [-0.05, 0) is 23.6 Å². The number of hydrogen-bond acceptors (Lipinski definition) is 1. The number of pyridine rings is 1.